The molecule has 3 aromatic rings. The highest BCUT2D eigenvalue weighted by Gasteiger charge is 2.47. The lowest BCUT2D eigenvalue weighted by Gasteiger charge is -2.28. The largest absolute Gasteiger partial charge is 0.340 e. The molecule has 5 rings (SSSR count). The Morgan fingerprint density at radius 3 is 2.18 bits per heavy atom. The van der Waals surface area contributed by atoms with E-state index in [0.29, 0.717) is 0 Å². The zero-order valence-electron chi connectivity index (χ0n) is 15.3. The lowest BCUT2D eigenvalue weighted by Crippen LogP contribution is -2.32. The van der Waals surface area contributed by atoms with Crippen molar-refractivity contribution in [2.75, 3.05) is 18.0 Å². The van der Waals surface area contributed by atoms with Gasteiger partial charge in [0.05, 0.1) is 0 Å². The normalized spacial score (nSPS) is 19.3. The molecule has 1 atom stereocenters. The Balaban J connectivity index is 1.53. The molecule has 0 N–H and O–H groups in total. The van der Waals surface area contributed by atoms with Crippen LogP contribution in [0.3, 0.4) is 0 Å². The number of amides is 2. The predicted molar refractivity (Wildman–Crippen MR) is 107 cm³/mol. The number of benzene rings is 3. The van der Waals surface area contributed by atoms with Crippen molar-refractivity contribution < 1.29 is 9.18 Å². The highest BCUT2D eigenvalue weighted by molar-refractivity contribution is 5.95. The number of hydrazine groups is 1. The van der Waals surface area contributed by atoms with E-state index in [9.17, 15) is 9.18 Å². The first-order valence-corrected chi connectivity index (χ1v) is 9.50. The molecular weight excluding hydrogens is 353 g/mol. The first kappa shape index (κ1) is 17.0. The molecule has 2 saturated heterocycles. The molecule has 28 heavy (non-hydrogen) atoms. The van der Waals surface area contributed by atoms with Crippen molar-refractivity contribution in [1.82, 2.24) is 10.0 Å². The number of rotatable bonds is 3. The maximum absolute atomic E-state index is 13.4. The minimum atomic E-state index is -0.273. The highest BCUT2D eigenvalue weighted by atomic mass is 19.1. The van der Waals surface area contributed by atoms with Crippen LogP contribution in [0.4, 0.5) is 14.9 Å². The second-order valence-corrected chi connectivity index (χ2v) is 7.13. The van der Waals surface area contributed by atoms with E-state index in [1.54, 1.807) is 22.0 Å². The molecule has 0 spiro atoms. The average molecular weight is 373 g/mol. The number of hydrogen-bond donors (Lipinski definition) is 0. The van der Waals surface area contributed by atoms with Crippen LogP contribution in [0.15, 0.2) is 78.9 Å². The van der Waals surface area contributed by atoms with E-state index in [-0.39, 0.29) is 18.0 Å². The van der Waals surface area contributed by atoms with Gasteiger partial charge in [0.1, 0.15) is 12.0 Å². The number of nitrogens with zero attached hydrogens (tertiary/aromatic N) is 3. The highest BCUT2D eigenvalue weighted by Crippen LogP contribution is 2.40. The summed E-state index contributed by atoms with van der Waals surface area (Å²) in [5.74, 6) is -0.273. The Hall–Kier alpha value is -3.18. The van der Waals surface area contributed by atoms with E-state index in [4.69, 9.17) is 0 Å². The molecule has 2 amide bonds. The summed E-state index contributed by atoms with van der Waals surface area (Å²) in [6.07, 6.45) is 0.697. The molecule has 5 heteroatoms. The minimum absolute atomic E-state index is 0.0284. The second kappa shape index (κ2) is 6.77. The van der Waals surface area contributed by atoms with E-state index < -0.39 is 0 Å². The van der Waals surface area contributed by atoms with Gasteiger partial charge in [-0.15, -0.1) is 0 Å². The van der Waals surface area contributed by atoms with Gasteiger partial charge in [0, 0.05) is 18.8 Å². The van der Waals surface area contributed by atoms with Crippen LogP contribution in [-0.2, 0) is 0 Å². The first-order valence-electron chi connectivity index (χ1n) is 9.50. The van der Waals surface area contributed by atoms with Crippen LogP contribution < -0.4 is 4.90 Å². The van der Waals surface area contributed by atoms with Gasteiger partial charge in [0.2, 0.25) is 0 Å². The zero-order valence-corrected chi connectivity index (χ0v) is 15.3. The van der Waals surface area contributed by atoms with Crippen LogP contribution in [-0.4, -0.2) is 29.1 Å². The quantitative estimate of drug-likeness (QED) is 0.642. The number of carbonyl (C=O) groups is 1. The number of anilines is 1. The van der Waals surface area contributed by atoms with Crippen molar-refractivity contribution in [3.8, 4) is 11.1 Å². The Morgan fingerprint density at radius 1 is 0.786 bits per heavy atom. The Morgan fingerprint density at radius 2 is 1.46 bits per heavy atom. The lowest BCUT2D eigenvalue weighted by molar-refractivity contribution is 0.0727. The summed E-state index contributed by atoms with van der Waals surface area (Å²) in [6, 6.07) is 24.6. The van der Waals surface area contributed by atoms with Crippen LogP contribution in [0.5, 0.6) is 0 Å². The summed E-state index contributed by atoms with van der Waals surface area (Å²) >= 11 is 0. The van der Waals surface area contributed by atoms with Gasteiger partial charge in [0.15, 0.2) is 0 Å². The molecule has 0 aliphatic carbocycles. The first-order chi connectivity index (χ1) is 13.7. The molecule has 0 radical (unpaired) electrons. The van der Waals surface area contributed by atoms with E-state index in [0.717, 1.165) is 41.9 Å². The van der Waals surface area contributed by atoms with Crippen LogP contribution in [0.25, 0.3) is 11.1 Å². The summed E-state index contributed by atoms with van der Waals surface area (Å²) in [5, 5.41) is 3.89. The number of halogens is 1. The second-order valence-electron chi connectivity index (χ2n) is 7.13. The summed E-state index contributed by atoms with van der Waals surface area (Å²) in [5.41, 5.74) is 4.00. The molecule has 0 bridgehead atoms. The molecule has 2 aliphatic heterocycles. The molecule has 140 valence electrons. The smallest absolute Gasteiger partial charge is 0.271 e. The Bertz CT molecular complexity index is 989. The van der Waals surface area contributed by atoms with Crippen LogP contribution in [0, 0.1) is 5.82 Å². The number of carbonyl (C=O) groups excluding carboxylic acids is 1. The van der Waals surface area contributed by atoms with Gasteiger partial charge in [0.25, 0.3) is 0 Å². The van der Waals surface area contributed by atoms with Crippen molar-refractivity contribution in [3.05, 3.63) is 90.2 Å². The van der Waals surface area contributed by atoms with E-state index in [1.165, 1.54) is 12.1 Å². The minimum Gasteiger partial charge on any atom is -0.271 e. The van der Waals surface area contributed by atoms with Gasteiger partial charge in [-0.3, -0.25) is 9.91 Å². The van der Waals surface area contributed by atoms with Gasteiger partial charge < -0.3 is 0 Å². The molecule has 0 unspecified atom stereocenters. The van der Waals surface area contributed by atoms with Crippen molar-refractivity contribution in [2.45, 2.75) is 12.6 Å². The summed E-state index contributed by atoms with van der Waals surface area (Å²) < 4.78 is 13.4. The Kier molecular flexibility index (Phi) is 4.10. The molecule has 2 fully saturated rings. The SMILES string of the molecule is O=C1N(c2ccc(-c3ccccc3)cc2)[C@@H](c2ccc(F)cc2)N2CCCN12. The number of urea groups is 1. The number of hydrogen-bond acceptors (Lipinski definition) is 2. The summed E-state index contributed by atoms with van der Waals surface area (Å²) in [7, 11) is 0. The summed E-state index contributed by atoms with van der Waals surface area (Å²) in [6.45, 7) is 1.53. The standard InChI is InChI=1S/C23H20FN3O/c24-20-11-7-19(8-12-20)22-25-15-4-16-26(25)23(28)27(22)21-13-9-18(10-14-21)17-5-2-1-3-6-17/h1-3,5-14,22H,4,15-16H2/t22-/m0/s1. The number of fused-ring (bicyclic) bond motifs is 1. The lowest BCUT2D eigenvalue weighted by atomic mass is 10.0. The van der Waals surface area contributed by atoms with Crippen molar-refractivity contribution >= 4 is 11.7 Å². The fourth-order valence-electron chi connectivity index (χ4n) is 4.11. The van der Waals surface area contributed by atoms with Gasteiger partial charge in [-0.1, -0.05) is 54.6 Å². The van der Waals surface area contributed by atoms with Crippen LogP contribution in [0.2, 0.25) is 0 Å². The monoisotopic (exact) mass is 373 g/mol. The molecule has 0 aromatic heterocycles. The van der Waals surface area contributed by atoms with Gasteiger partial charge in [-0.05, 0) is 47.4 Å². The maximum atomic E-state index is 13.4. The third kappa shape index (κ3) is 2.75. The molecule has 2 heterocycles. The van der Waals surface area contributed by atoms with Crippen LogP contribution >= 0.6 is 0 Å². The molecule has 3 aromatic carbocycles. The summed E-state index contributed by atoms with van der Waals surface area (Å²) in [4.78, 5) is 14.9. The van der Waals surface area contributed by atoms with Crippen molar-refractivity contribution in [3.63, 3.8) is 0 Å². The Labute approximate surface area is 163 Å². The maximum Gasteiger partial charge on any atom is 0.340 e. The fraction of sp³-hybridized carbons (Fsp3) is 0.174. The molecule has 2 aliphatic rings. The molecule has 4 nitrogen and oxygen atoms in total. The van der Waals surface area contributed by atoms with Crippen LogP contribution in [0.1, 0.15) is 18.2 Å². The van der Waals surface area contributed by atoms with E-state index >= 15 is 0 Å². The average Bonchev–Trinajstić information content (AvgIpc) is 3.32. The van der Waals surface area contributed by atoms with Gasteiger partial charge in [-0.2, -0.15) is 5.01 Å². The topological polar surface area (TPSA) is 26.8 Å². The van der Waals surface area contributed by atoms with Crippen molar-refractivity contribution in [2.24, 2.45) is 0 Å². The molecular formula is C23H20FN3O. The third-order valence-electron chi connectivity index (χ3n) is 5.44. The van der Waals surface area contributed by atoms with E-state index in [1.807, 2.05) is 42.5 Å². The third-order valence-corrected chi connectivity index (χ3v) is 5.44. The fourth-order valence-corrected chi connectivity index (χ4v) is 4.11. The zero-order chi connectivity index (χ0) is 19.1. The molecule has 0 saturated carbocycles. The van der Waals surface area contributed by atoms with Gasteiger partial charge >= 0.3 is 6.03 Å². The van der Waals surface area contributed by atoms with Crippen molar-refractivity contribution in [1.29, 1.82) is 0 Å². The van der Waals surface area contributed by atoms with E-state index in [2.05, 4.69) is 17.1 Å². The predicted octanol–water partition coefficient (Wildman–Crippen LogP) is 5.05. The van der Waals surface area contributed by atoms with Gasteiger partial charge in [-0.25, -0.2) is 9.18 Å².